The van der Waals surface area contributed by atoms with E-state index in [1.807, 2.05) is 27.7 Å². The molecule has 0 unspecified atom stereocenters. The highest BCUT2D eigenvalue weighted by atomic mass is 35.5. The first-order valence-electron chi connectivity index (χ1n) is 3.35. The molecule has 0 bridgehead atoms. The number of hydrogen-bond acceptors (Lipinski definition) is 2. The van der Waals surface area contributed by atoms with Gasteiger partial charge in [0.1, 0.15) is 0 Å². The molecule has 0 aliphatic heterocycles. The van der Waals surface area contributed by atoms with Gasteiger partial charge >= 0.3 is 0 Å². The van der Waals surface area contributed by atoms with Crippen molar-refractivity contribution >= 4 is 19.2 Å². The van der Waals surface area contributed by atoms with E-state index in [-0.39, 0.29) is 11.3 Å². The van der Waals surface area contributed by atoms with Crippen LogP contribution >= 0.6 is 19.2 Å². The summed E-state index contributed by atoms with van der Waals surface area (Å²) in [7, 11) is -2.58. The zero-order chi connectivity index (χ0) is 8.36. The van der Waals surface area contributed by atoms with Crippen molar-refractivity contribution in [2.24, 2.45) is 0 Å². The molecule has 0 rings (SSSR count). The third-order valence-electron chi connectivity index (χ3n) is 1.55. The number of rotatable bonds is 3. The Morgan fingerprint density at radius 1 is 1.20 bits per heavy atom. The highest BCUT2D eigenvalue weighted by Gasteiger charge is 2.31. The second-order valence-corrected chi connectivity index (χ2v) is 6.81. The number of halogens is 1. The van der Waals surface area contributed by atoms with E-state index in [2.05, 4.69) is 4.08 Å². The van der Waals surface area contributed by atoms with Crippen molar-refractivity contribution in [3.8, 4) is 0 Å². The molecule has 0 saturated carbocycles. The standard InChI is InChI=1S/C6H14ClO2P/c1-5(2)10(8,9-7)6(3)4/h5-6H,1-4H3. The van der Waals surface area contributed by atoms with Gasteiger partial charge in [-0.2, -0.15) is 0 Å². The minimum Gasteiger partial charge on any atom is -0.291 e. The molecule has 0 aliphatic rings. The molecule has 0 aromatic heterocycles. The average Bonchev–Trinajstić information content (AvgIpc) is 1.85. The molecule has 0 radical (unpaired) electrons. The first kappa shape index (κ1) is 10.5. The van der Waals surface area contributed by atoms with E-state index >= 15 is 0 Å². The fourth-order valence-electron chi connectivity index (χ4n) is 0.756. The van der Waals surface area contributed by atoms with Crippen molar-refractivity contribution in [2.75, 3.05) is 0 Å². The first-order chi connectivity index (χ1) is 4.45. The number of hydrogen-bond donors (Lipinski definition) is 0. The van der Waals surface area contributed by atoms with E-state index in [9.17, 15) is 4.57 Å². The minimum atomic E-state index is -2.58. The normalized spacial score (nSPS) is 13.1. The Balaban J connectivity index is 4.40. The maximum atomic E-state index is 11.6. The zero-order valence-electron chi connectivity index (χ0n) is 6.80. The monoisotopic (exact) mass is 184 g/mol. The molecular weight excluding hydrogens is 170 g/mol. The Kier molecular flexibility index (Phi) is 3.93. The highest BCUT2D eigenvalue weighted by molar-refractivity contribution is 7.61. The lowest BCUT2D eigenvalue weighted by atomic mass is 10.5. The van der Waals surface area contributed by atoms with Crippen LogP contribution in [0.5, 0.6) is 0 Å². The zero-order valence-corrected chi connectivity index (χ0v) is 8.45. The van der Waals surface area contributed by atoms with Crippen LogP contribution in [0.1, 0.15) is 27.7 Å². The SMILES string of the molecule is CC(C)P(=O)(OCl)C(C)C. The van der Waals surface area contributed by atoms with Gasteiger partial charge in [-0.05, 0) is 0 Å². The molecule has 2 nitrogen and oxygen atoms in total. The van der Waals surface area contributed by atoms with E-state index in [1.165, 1.54) is 0 Å². The van der Waals surface area contributed by atoms with Crippen LogP contribution in [0.2, 0.25) is 0 Å². The lowest BCUT2D eigenvalue weighted by Crippen LogP contribution is -2.07. The van der Waals surface area contributed by atoms with Gasteiger partial charge in [0.2, 0.25) is 7.37 Å². The largest absolute Gasteiger partial charge is 0.291 e. The quantitative estimate of drug-likeness (QED) is 0.630. The molecule has 0 aromatic carbocycles. The van der Waals surface area contributed by atoms with Crippen molar-refractivity contribution in [3.63, 3.8) is 0 Å². The summed E-state index contributed by atoms with van der Waals surface area (Å²) < 4.78 is 16.1. The molecule has 0 amide bonds. The van der Waals surface area contributed by atoms with Crippen LogP contribution in [0.4, 0.5) is 0 Å². The lowest BCUT2D eigenvalue weighted by molar-refractivity contribution is 0.483. The lowest BCUT2D eigenvalue weighted by Gasteiger charge is -2.21. The average molecular weight is 185 g/mol. The van der Waals surface area contributed by atoms with E-state index < -0.39 is 7.37 Å². The van der Waals surface area contributed by atoms with Crippen LogP contribution in [0.3, 0.4) is 0 Å². The molecule has 0 atom stereocenters. The highest BCUT2D eigenvalue weighted by Crippen LogP contribution is 2.56. The predicted molar refractivity (Wildman–Crippen MR) is 44.8 cm³/mol. The molecule has 0 heterocycles. The summed E-state index contributed by atoms with van der Waals surface area (Å²) in [6, 6.07) is 0. The Morgan fingerprint density at radius 2 is 1.50 bits per heavy atom. The van der Waals surface area contributed by atoms with Crippen LogP contribution in [-0.4, -0.2) is 11.3 Å². The van der Waals surface area contributed by atoms with Gasteiger partial charge in [-0.3, -0.25) is 4.57 Å². The Bertz CT molecular complexity index is 133. The summed E-state index contributed by atoms with van der Waals surface area (Å²) in [6.45, 7) is 7.40. The van der Waals surface area contributed by atoms with Crippen LogP contribution in [0.25, 0.3) is 0 Å². The van der Waals surface area contributed by atoms with Gasteiger partial charge in [0.25, 0.3) is 0 Å². The first-order valence-corrected chi connectivity index (χ1v) is 5.42. The second-order valence-electron chi connectivity index (χ2n) is 2.90. The molecular formula is C6H14ClO2P. The van der Waals surface area contributed by atoms with Gasteiger partial charge in [-0.25, -0.2) is 4.08 Å². The van der Waals surface area contributed by atoms with Crippen molar-refractivity contribution in [3.05, 3.63) is 0 Å². The Hall–Kier alpha value is 0.480. The van der Waals surface area contributed by atoms with Crippen molar-refractivity contribution < 1.29 is 8.64 Å². The second kappa shape index (κ2) is 3.75. The fraction of sp³-hybridized carbons (Fsp3) is 1.00. The summed E-state index contributed by atoms with van der Waals surface area (Å²) in [5.41, 5.74) is 0.00926. The molecule has 0 fully saturated rings. The van der Waals surface area contributed by atoms with Crippen LogP contribution in [0, 0.1) is 0 Å². The predicted octanol–water partition coefficient (Wildman–Crippen LogP) is 3.25. The van der Waals surface area contributed by atoms with E-state index in [1.54, 1.807) is 0 Å². The van der Waals surface area contributed by atoms with Crippen molar-refractivity contribution in [1.29, 1.82) is 0 Å². The molecule has 0 aliphatic carbocycles. The summed E-state index contributed by atoms with van der Waals surface area (Å²) in [5.74, 6) is 0. The molecule has 0 N–H and O–H groups in total. The van der Waals surface area contributed by atoms with Gasteiger partial charge in [-0.15, -0.1) is 0 Å². The third kappa shape index (κ3) is 1.98. The summed E-state index contributed by atoms with van der Waals surface area (Å²) >= 11 is 5.14. The van der Waals surface area contributed by atoms with E-state index in [4.69, 9.17) is 11.9 Å². The molecule has 4 heteroatoms. The Labute approximate surface area is 67.5 Å². The summed E-state index contributed by atoms with van der Waals surface area (Å²) in [6.07, 6.45) is 0. The van der Waals surface area contributed by atoms with Crippen molar-refractivity contribution in [1.82, 2.24) is 0 Å². The Morgan fingerprint density at radius 3 is 1.50 bits per heavy atom. The fourth-order valence-corrected chi connectivity index (χ4v) is 3.22. The molecule has 0 spiro atoms. The third-order valence-corrected chi connectivity index (χ3v) is 5.29. The van der Waals surface area contributed by atoms with E-state index in [0.717, 1.165) is 0 Å². The summed E-state index contributed by atoms with van der Waals surface area (Å²) in [5, 5.41) is 0. The van der Waals surface area contributed by atoms with Gasteiger partial charge in [0, 0.05) is 11.3 Å². The maximum absolute atomic E-state index is 11.6. The van der Waals surface area contributed by atoms with Gasteiger partial charge in [-0.1, -0.05) is 27.7 Å². The molecule has 0 saturated heterocycles. The van der Waals surface area contributed by atoms with Gasteiger partial charge in [0.15, 0.2) is 0 Å². The molecule has 62 valence electrons. The van der Waals surface area contributed by atoms with Crippen molar-refractivity contribution in [2.45, 2.75) is 39.0 Å². The minimum absolute atomic E-state index is 0.00463. The molecule has 10 heavy (non-hydrogen) atoms. The van der Waals surface area contributed by atoms with Crippen LogP contribution in [-0.2, 0) is 8.64 Å². The topological polar surface area (TPSA) is 26.3 Å². The van der Waals surface area contributed by atoms with Crippen LogP contribution < -0.4 is 0 Å². The summed E-state index contributed by atoms with van der Waals surface area (Å²) in [4.78, 5) is 0. The van der Waals surface area contributed by atoms with Gasteiger partial charge in [0.05, 0.1) is 11.9 Å². The van der Waals surface area contributed by atoms with Crippen LogP contribution in [0.15, 0.2) is 0 Å². The molecule has 0 aromatic rings. The maximum Gasteiger partial charge on any atom is 0.225 e. The van der Waals surface area contributed by atoms with Gasteiger partial charge < -0.3 is 0 Å². The smallest absolute Gasteiger partial charge is 0.225 e. The van der Waals surface area contributed by atoms with E-state index in [0.29, 0.717) is 0 Å².